The summed E-state index contributed by atoms with van der Waals surface area (Å²) in [6.45, 7) is 37.3. The SMILES string of the molecule is CC(C)CN1CCOC(C(F)(F)F)C1.CC(C)N(C)CCOC(C)(F)F.CC(C)N1CC(C)N(C(=O)OCC(C)(F)F)C(C)C1.CC(C)NCC(O)C(C)(F)F.CC(C)OCC1CNC(C(C)(F)F)CO1.CCOC(=O)N1C(C)CN(C(C)C)CC1C(F)(F)F. The summed E-state index contributed by atoms with van der Waals surface area (Å²) < 4.78 is 205. The van der Waals surface area contributed by atoms with Crippen molar-refractivity contribution in [3.8, 4) is 0 Å². The molecule has 540 valence electrons. The van der Waals surface area contributed by atoms with Gasteiger partial charge in [-0.3, -0.25) is 19.6 Å². The lowest BCUT2D eigenvalue weighted by Crippen LogP contribution is -2.65. The third-order valence-corrected chi connectivity index (χ3v) is 14.1. The monoisotopic (exact) mass is 1340 g/mol. The van der Waals surface area contributed by atoms with E-state index >= 15 is 0 Å². The van der Waals surface area contributed by atoms with Crippen LogP contribution in [0.15, 0.2) is 0 Å². The number of ether oxygens (including phenoxy) is 6. The molecule has 4 saturated heterocycles. The van der Waals surface area contributed by atoms with E-state index in [4.69, 9.17) is 24.1 Å². The molecule has 4 rings (SSSR count). The number of likely N-dealkylation sites (N-methyl/N-ethyl adjacent to an activating group) is 1. The molecule has 0 radical (unpaired) electrons. The number of piperazine rings is 2. The van der Waals surface area contributed by atoms with E-state index in [2.05, 4.69) is 38.9 Å². The highest BCUT2D eigenvalue weighted by Gasteiger charge is 2.51. The second kappa shape index (κ2) is 41.2. The van der Waals surface area contributed by atoms with E-state index in [1.165, 1.54) is 0 Å². The lowest BCUT2D eigenvalue weighted by Gasteiger charge is -2.46. The van der Waals surface area contributed by atoms with Gasteiger partial charge in [-0.1, -0.05) is 27.7 Å². The van der Waals surface area contributed by atoms with Gasteiger partial charge >= 0.3 is 30.6 Å². The molecule has 17 nitrogen and oxygen atoms in total. The summed E-state index contributed by atoms with van der Waals surface area (Å²) >= 11 is 0. The molecular weight excluding hydrogens is 1230 g/mol. The van der Waals surface area contributed by atoms with Crippen molar-refractivity contribution in [1.29, 1.82) is 0 Å². The minimum Gasteiger partial charge on any atom is -0.450 e. The van der Waals surface area contributed by atoms with Gasteiger partial charge in [-0.05, 0) is 96.1 Å². The average molecular weight is 1340 g/mol. The Bertz CT molecular complexity index is 1890. The van der Waals surface area contributed by atoms with E-state index < -0.39 is 85.4 Å². The summed E-state index contributed by atoms with van der Waals surface area (Å²) in [4.78, 5) is 33.8. The Morgan fingerprint density at radius 1 is 0.700 bits per heavy atom. The number of amides is 2. The summed E-state index contributed by atoms with van der Waals surface area (Å²) in [5, 5.41) is 14.3. The summed E-state index contributed by atoms with van der Waals surface area (Å²) in [7, 11) is 1.88. The van der Waals surface area contributed by atoms with Crippen LogP contribution >= 0.6 is 0 Å². The van der Waals surface area contributed by atoms with Gasteiger partial charge in [0.1, 0.15) is 12.1 Å². The lowest BCUT2D eigenvalue weighted by atomic mass is 10.1. The summed E-state index contributed by atoms with van der Waals surface area (Å²) in [5.74, 6) is -8.34. The van der Waals surface area contributed by atoms with Gasteiger partial charge in [0.2, 0.25) is 0 Å². The van der Waals surface area contributed by atoms with Crippen LogP contribution in [-0.2, 0) is 28.4 Å². The molecule has 3 N–H and O–H groups in total. The van der Waals surface area contributed by atoms with Crippen LogP contribution in [0.1, 0.15) is 138 Å². The van der Waals surface area contributed by atoms with Crippen LogP contribution in [0.4, 0.5) is 71.1 Å². The topological polar surface area (TPSA) is 153 Å². The highest BCUT2D eigenvalue weighted by molar-refractivity contribution is 5.69. The molecule has 0 aromatic rings. The van der Waals surface area contributed by atoms with Gasteiger partial charge in [-0.15, -0.1) is 0 Å². The number of hydrogen-bond donors (Lipinski definition) is 3. The predicted molar refractivity (Wildman–Crippen MR) is 319 cm³/mol. The van der Waals surface area contributed by atoms with E-state index in [1.54, 1.807) is 23.6 Å². The Kier molecular flexibility index (Phi) is 40.8. The minimum atomic E-state index is -4.45. The van der Waals surface area contributed by atoms with Crippen molar-refractivity contribution in [3.05, 3.63) is 0 Å². The summed E-state index contributed by atoms with van der Waals surface area (Å²) in [6.07, 6.45) is -16.4. The van der Waals surface area contributed by atoms with E-state index in [9.17, 15) is 71.1 Å². The number of hydrogen-bond acceptors (Lipinski definition) is 15. The molecule has 4 aliphatic rings. The van der Waals surface area contributed by atoms with Crippen LogP contribution < -0.4 is 10.6 Å². The highest BCUT2D eigenvalue weighted by Crippen LogP contribution is 2.32. The number of nitrogens with one attached hydrogen (secondary N) is 2. The van der Waals surface area contributed by atoms with Crippen LogP contribution in [0.5, 0.6) is 0 Å². The maximum absolute atomic E-state index is 13.1. The first-order valence-electron chi connectivity index (χ1n) is 30.8. The smallest absolute Gasteiger partial charge is 0.415 e. The first-order valence-corrected chi connectivity index (χ1v) is 30.8. The van der Waals surface area contributed by atoms with Crippen molar-refractivity contribution < 1.29 is 105 Å². The zero-order chi connectivity index (χ0) is 70.7. The number of nitrogens with zero attached hydrogens (tertiary/aromatic N) is 6. The number of morpholine rings is 2. The molecule has 0 aromatic carbocycles. The molecule has 8 atom stereocenters. The molecule has 4 fully saturated rings. The zero-order valence-electron chi connectivity index (χ0n) is 57.1. The first-order chi connectivity index (χ1) is 40.7. The molecule has 8 unspecified atom stereocenters. The van der Waals surface area contributed by atoms with Crippen molar-refractivity contribution in [2.24, 2.45) is 5.92 Å². The summed E-state index contributed by atoms with van der Waals surface area (Å²) in [6, 6.07) is -2.40. The van der Waals surface area contributed by atoms with Gasteiger partial charge in [-0.2, -0.15) is 35.1 Å². The Morgan fingerprint density at radius 3 is 1.58 bits per heavy atom. The molecule has 0 aromatic heterocycles. The third-order valence-electron chi connectivity index (χ3n) is 14.1. The first kappa shape index (κ1) is 89.2. The maximum atomic E-state index is 13.1. The van der Waals surface area contributed by atoms with Crippen LogP contribution in [0.2, 0.25) is 0 Å². The van der Waals surface area contributed by atoms with E-state index in [1.807, 2.05) is 99.9 Å². The number of carbonyl (C=O) groups is 2. The molecule has 0 bridgehead atoms. The van der Waals surface area contributed by atoms with Crippen molar-refractivity contribution in [2.75, 3.05) is 112 Å². The lowest BCUT2D eigenvalue weighted by molar-refractivity contribution is -0.237. The van der Waals surface area contributed by atoms with Crippen molar-refractivity contribution in [1.82, 2.24) is 40.0 Å². The van der Waals surface area contributed by atoms with Crippen LogP contribution in [0.3, 0.4) is 0 Å². The van der Waals surface area contributed by atoms with E-state index in [0.29, 0.717) is 64.3 Å². The molecular formula is C59H112F14N8O9. The number of halogens is 14. The second-order valence-corrected chi connectivity index (χ2v) is 25.4. The normalized spacial score (nSPS) is 23.3. The zero-order valence-corrected chi connectivity index (χ0v) is 57.1. The fraction of sp³-hybridized carbons (Fsp3) is 0.966. The third kappa shape index (κ3) is 39.7. The molecule has 90 heavy (non-hydrogen) atoms. The standard InChI is InChI=1S/C13H24F2N2O2.C12H21F3N2O2.C10H19F2NO2.C9H16F3NO.C8H17F2NO.C7H15F2NO/c1-9(2)16-6-10(3)17(11(4)7-16)12(18)19-8-13(5,14)15;1-5-19-11(18)17-9(4)6-16(8(2)3)7-10(17)12(13,14)15;1-7(2)14-5-8-4-13-9(6-15-8)10(3,11)12;1-7(2)5-13-3-4-14-8(6-13)9(10,11)12;1-7(2)11(4)5-6-12-8(3,9)10;1-5(2)10-4-6(11)7(3,8)9/h9-11H,6-8H2,1-5H3;8-10H,5-7H2,1-4H3;7-9,13H,4-6H2,1-3H3;7-8H,3-6H2,1-2H3;7H,5-6H2,1-4H3;5-6,10-11H,4H2,1-3H3. The molecule has 31 heteroatoms. The largest absolute Gasteiger partial charge is 0.450 e. The number of alkyl halides is 14. The molecule has 4 heterocycles. The number of aliphatic hydroxyl groups is 1. The summed E-state index contributed by atoms with van der Waals surface area (Å²) in [5.41, 5.74) is 0. The molecule has 0 aliphatic carbocycles. The Balaban J connectivity index is 0. The molecule has 4 aliphatic heterocycles. The quantitative estimate of drug-likeness (QED) is 0.0990. The maximum Gasteiger partial charge on any atom is 0.415 e. The van der Waals surface area contributed by atoms with E-state index in [0.717, 1.165) is 38.8 Å². The van der Waals surface area contributed by atoms with E-state index in [-0.39, 0.29) is 82.4 Å². The van der Waals surface area contributed by atoms with Gasteiger partial charge in [-0.25, -0.2) is 35.9 Å². The van der Waals surface area contributed by atoms with Gasteiger partial charge in [0.15, 0.2) is 12.7 Å². The van der Waals surface area contributed by atoms with Crippen LogP contribution in [0, 0.1) is 5.92 Å². The molecule has 0 saturated carbocycles. The van der Waals surface area contributed by atoms with Crippen LogP contribution in [0.25, 0.3) is 0 Å². The molecule has 2 amide bonds. The number of carbonyl (C=O) groups excluding carboxylic acids is 2. The van der Waals surface area contributed by atoms with Gasteiger partial charge in [0.05, 0.1) is 51.3 Å². The second-order valence-electron chi connectivity index (χ2n) is 25.4. The Hall–Kier alpha value is -2.88. The van der Waals surface area contributed by atoms with Gasteiger partial charge in [0, 0.05) is 135 Å². The van der Waals surface area contributed by atoms with Gasteiger partial charge in [0.25, 0.3) is 17.8 Å². The average Bonchev–Trinajstić information content (AvgIpc) is 0.812. The fourth-order valence-electron chi connectivity index (χ4n) is 8.81. The Labute approximate surface area is 527 Å². The predicted octanol–water partition coefficient (Wildman–Crippen LogP) is 11.4. The number of rotatable bonds is 20. The van der Waals surface area contributed by atoms with Crippen LogP contribution in [-0.4, -0.2) is 274 Å². The van der Waals surface area contributed by atoms with Gasteiger partial charge < -0.3 is 54.0 Å². The van der Waals surface area contributed by atoms with Crippen molar-refractivity contribution in [3.63, 3.8) is 0 Å². The number of aliphatic hydroxyl groups excluding tert-OH is 1. The van der Waals surface area contributed by atoms with Crippen molar-refractivity contribution in [2.45, 2.75) is 253 Å². The fourth-order valence-corrected chi connectivity index (χ4v) is 8.81. The Morgan fingerprint density at radius 2 is 1.20 bits per heavy atom. The van der Waals surface area contributed by atoms with Crippen molar-refractivity contribution >= 4 is 12.2 Å². The molecule has 0 spiro atoms. The highest BCUT2D eigenvalue weighted by atomic mass is 19.4. The minimum absolute atomic E-state index is 0.0108.